The van der Waals surface area contributed by atoms with E-state index < -0.39 is 5.91 Å². The third-order valence-electron chi connectivity index (χ3n) is 5.61. The second kappa shape index (κ2) is 8.87. The topological polar surface area (TPSA) is 66.6 Å². The Hall–Kier alpha value is -1.59. The number of hydrogen-bond donors (Lipinski definition) is 1. The molecule has 0 saturated carbocycles. The van der Waals surface area contributed by atoms with E-state index in [1.165, 1.54) is 5.56 Å². The standard InChI is InChI=1S/C20H28ClN3O2/c21-16-8-6-15(7-9-16)14-23-12-2-1-4-18-17(23)5-3-13-24(18)20(26)11-10-19(22)25/h6-9,17-18H,1-5,10-14H2,(H2,22,25)/t17-,18-/m1/s1. The Morgan fingerprint density at radius 3 is 2.46 bits per heavy atom. The maximum Gasteiger partial charge on any atom is 0.223 e. The predicted octanol–water partition coefficient (Wildman–Crippen LogP) is 2.95. The van der Waals surface area contributed by atoms with Gasteiger partial charge < -0.3 is 10.6 Å². The first-order valence-corrected chi connectivity index (χ1v) is 9.98. The molecule has 3 rings (SSSR count). The van der Waals surface area contributed by atoms with Gasteiger partial charge in [0.1, 0.15) is 0 Å². The normalized spacial score (nSPS) is 24.0. The first-order chi connectivity index (χ1) is 12.5. The minimum absolute atomic E-state index is 0.0758. The molecule has 2 aliphatic rings. The van der Waals surface area contributed by atoms with Gasteiger partial charge in [-0.25, -0.2) is 0 Å². The summed E-state index contributed by atoms with van der Waals surface area (Å²) in [5.41, 5.74) is 6.48. The average molecular weight is 378 g/mol. The van der Waals surface area contributed by atoms with Crippen molar-refractivity contribution in [3.63, 3.8) is 0 Å². The minimum Gasteiger partial charge on any atom is -0.370 e. The van der Waals surface area contributed by atoms with Crippen LogP contribution in [-0.4, -0.2) is 46.8 Å². The van der Waals surface area contributed by atoms with Crippen LogP contribution in [0.5, 0.6) is 0 Å². The van der Waals surface area contributed by atoms with Crippen molar-refractivity contribution in [3.05, 3.63) is 34.9 Å². The molecule has 0 unspecified atom stereocenters. The Bertz CT molecular complexity index is 634. The molecule has 26 heavy (non-hydrogen) atoms. The molecule has 2 atom stereocenters. The lowest BCUT2D eigenvalue weighted by molar-refractivity contribution is -0.138. The van der Waals surface area contributed by atoms with Gasteiger partial charge in [0.2, 0.25) is 11.8 Å². The number of rotatable bonds is 5. The highest BCUT2D eigenvalue weighted by Gasteiger charge is 2.38. The van der Waals surface area contributed by atoms with Crippen LogP contribution in [0.1, 0.15) is 50.5 Å². The Balaban J connectivity index is 1.71. The molecule has 2 N–H and O–H groups in total. The molecular weight excluding hydrogens is 350 g/mol. The summed E-state index contributed by atoms with van der Waals surface area (Å²) in [6.45, 7) is 2.75. The second-order valence-corrected chi connectivity index (χ2v) is 7.86. The van der Waals surface area contributed by atoms with Gasteiger partial charge in [0.15, 0.2) is 0 Å². The smallest absolute Gasteiger partial charge is 0.223 e. The first-order valence-electron chi connectivity index (χ1n) is 9.61. The van der Waals surface area contributed by atoms with E-state index in [4.69, 9.17) is 17.3 Å². The highest BCUT2D eigenvalue weighted by atomic mass is 35.5. The van der Waals surface area contributed by atoms with E-state index in [1.54, 1.807) is 0 Å². The molecule has 0 bridgehead atoms. The van der Waals surface area contributed by atoms with Crippen LogP contribution in [-0.2, 0) is 16.1 Å². The molecule has 5 nitrogen and oxygen atoms in total. The predicted molar refractivity (Wildman–Crippen MR) is 103 cm³/mol. The lowest BCUT2D eigenvalue weighted by Crippen LogP contribution is -2.56. The SMILES string of the molecule is NC(=O)CCC(=O)N1CCC[C@@H]2[C@H]1CCCCN2Cc1ccc(Cl)cc1. The summed E-state index contributed by atoms with van der Waals surface area (Å²) >= 11 is 6.01. The number of hydrogen-bond acceptors (Lipinski definition) is 3. The number of halogens is 1. The van der Waals surface area contributed by atoms with Gasteiger partial charge in [-0.05, 0) is 49.9 Å². The van der Waals surface area contributed by atoms with Crippen molar-refractivity contribution >= 4 is 23.4 Å². The van der Waals surface area contributed by atoms with Crippen molar-refractivity contribution in [1.82, 2.24) is 9.80 Å². The molecule has 2 saturated heterocycles. The van der Waals surface area contributed by atoms with E-state index >= 15 is 0 Å². The first kappa shape index (κ1) is 19.2. The maximum atomic E-state index is 12.7. The summed E-state index contributed by atoms with van der Waals surface area (Å²) in [6, 6.07) is 8.68. The van der Waals surface area contributed by atoms with Crippen LogP contribution in [0.3, 0.4) is 0 Å². The molecule has 1 aromatic rings. The van der Waals surface area contributed by atoms with Gasteiger partial charge in [-0.1, -0.05) is 30.2 Å². The van der Waals surface area contributed by atoms with Gasteiger partial charge in [0, 0.05) is 43.0 Å². The summed E-state index contributed by atoms with van der Waals surface area (Å²) in [7, 11) is 0. The summed E-state index contributed by atoms with van der Waals surface area (Å²) in [5, 5.41) is 0.756. The lowest BCUT2D eigenvalue weighted by atomic mass is 9.91. The van der Waals surface area contributed by atoms with Gasteiger partial charge in [-0.15, -0.1) is 0 Å². The van der Waals surface area contributed by atoms with E-state index in [0.717, 1.165) is 56.8 Å². The zero-order valence-corrected chi connectivity index (χ0v) is 16.0. The van der Waals surface area contributed by atoms with Crippen molar-refractivity contribution in [1.29, 1.82) is 0 Å². The highest BCUT2D eigenvalue weighted by Crippen LogP contribution is 2.31. The summed E-state index contributed by atoms with van der Waals surface area (Å²) < 4.78 is 0. The molecule has 2 amide bonds. The molecule has 0 spiro atoms. The van der Waals surface area contributed by atoms with Gasteiger partial charge in [-0.2, -0.15) is 0 Å². The van der Waals surface area contributed by atoms with E-state index in [-0.39, 0.29) is 24.8 Å². The monoisotopic (exact) mass is 377 g/mol. The number of carbonyl (C=O) groups is 2. The lowest BCUT2D eigenvalue weighted by Gasteiger charge is -2.45. The van der Waals surface area contributed by atoms with Gasteiger partial charge >= 0.3 is 0 Å². The van der Waals surface area contributed by atoms with E-state index in [2.05, 4.69) is 17.0 Å². The molecule has 0 aromatic heterocycles. The molecule has 0 aliphatic carbocycles. The van der Waals surface area contributed by atoms with E-state index in [1.807, 2.05) is 17.0 Å². The number of amides is 2. The number of primary amides is 1. The molecule has 0 radical (unpaired) electrons. The second-order valence-electron chi connectivity index (χ2n) is 7.42. The van der Waals surface area contributed by atoms with Crippen LogP contribution in [0.4, 0.5) is 0 Å². The largest absolute Gasteiger partial charge is 0.370 e. The number of nitrogens with two attached hydrogens (primary N) is 1. The fourth-order valence-corrected chi connectivity index (χ4v) is 4.48. The van der Waals surface area contributed by atoms with E-state index in [0.29, 0.717) is 6.04 Å². The Labute approximate surface area is 160 Å². The Morgan fingerprint density at radius 2 is 1.73 bits per heavy atom. The summed E-state index contributed by atoms with van der Waals surface area (Å²) in [6.07, 6.45) is 5.85. The van der Waals surface area contributed by atoms with Crippen LogP contribution in [0.25, 0.3) is 0 Å². The maximum absolute atomic E-state index is 12.7. The number of benzene rings is 1. The quantitative estimate of drug-likeness (QED) is 0.857. The number of fused-ring (bicyclic) bond motifs is 1. The minimum atomic E-state index is -0.405. The van der Waals surface area contributed by atoms with Crippen molar-refractivity contribution in [3.8, 4) is 0 Å². The molecule has 6 heteroatoms. The van der Waals surface area contributed by atoms with Crippen molar-refractivity contribution in [2.45, 2.75) is 63.6 Å². The Kier molecular flexibility index (Phi) is 6.54. The molecule has 2 aliphatic heterocycles. The molecule has 2 fully saturated rings. The Morgan fingerprint density at radius 1 is 1.00 bits per heavy atom. The molecular formula is C20H28ClN3O2. The third kappa shape index (κ3) is 4.77. The summed E-state index contributed by atoms with van der Waals surface area (Å²) in [5.74, 6) is -0.330. The number of nitrogens with zero attached hydrogens (tertiary/aromatic N) is 2. The zero-order valence-electron chi connectivity index (χ0n) is 15.2. The van der Waals surface area contributed by atoms with Gasteiger partial charge in [-0.3, -0.25) is 14.5 Å². The van der Waals surface area contributed by atoms with Crippen molar-refractivity contribution < 1.29 is 9.59 Å². The fraction of sp³-hybridized carbons (Fsp3) is 0.600. The number of piperidine rings is 1. The molecule has 142 valence electrons. The van der Waals surface area contributed by atoms with Crippen molar-refractivity contribution in [2.24, 2.45) is 5.73 Å². The number of likely N-dealkylation sites (tertiary alicyclic amines) is 2. The van der Waals surface area contributed by atoms with Gasteiger partial charge in [0.05, 0.1) is 0 Å². The molecule has 2 heterocycles. The van der Waals surface area contributed by atoms with Crippen LogP contribution in [0, 0.1) is 0 Å². The zero-order chi connectivity index (χ0) is 18.5. The van der Waals surface area contributed by atoms with E-state index in [9.17, 15) is 9.59 Å². The number of carbonyl (C=O) groups excluding carboxylic acids is 2. The summed E-state index contributed by atoms with van der Waals surface area (Å²) in [4.78, 5) is 28.3. The third-order valence-corrected chi connectivity index (χ3v) is 5.86. The van der Waals surface area contributed by atoms with Crippen molar-refractivity contribution in [2.75, 3.05) is 13.1 Å². The fourth-order valence-electron chi connectivity index (χ4n) is 4.35. The van der Waals surface area contributed by atoms with Crippen LogP contribution in [0.15, 0.2) is 24.3 Å². The van der Waals surface area contributed by atoms with Crippen LogP contribution >= 0.6 is 11.6 Å². The van der Waals surface area contributed by atoms with Crippen LogP contribution < -0.4 is 5.73 Å². The van der Waals surface area contributed by atoms with Crippen LogP contribution in [0.2, 0.25) is 5.02 Å². The molecule has 1 aromatic carbocycles. The average Bonchev–Trinajstić information content (AvgIpc) is 2.84. The highest BCUT2D eigenvalue weighted by molar-refractivity contribution is 6.30. The van der Waals surface area contributed by atoms with Gasteiger partial charge in [0.25, 0.3) is 0 Å².